The summed E-state index contributed by atoms with van der Waals surface area (Å²) in [5.41, 5.74) is 6.79. The standard InChI is InChI=1S/C16H15ClN2OS/c17-15-8-7-14(21-15)9-11-19-16(20)13-5-3-12(4-6-13)2-1-10-18/h3-8H,9-11,18H2,(H,19,20). The van der Waals surface area contributed by atoms with Crippen LogP contribution in [0.25, 0.3) is 0 Å². The maximum atomic E-state index is 12.0. The van der Waals surface area contributed by atoms with Gasteiger partial charge in [0.1, 0.15) is 0 Å². The molecule has 0 unspecified atom stereocenters. The van der Waals surface area contributed by atoms with E-state index in [9.17, 15) is 4.79 Å². The fourth-order valence-corrected chi connectivity index (χ4v) is 2.83. The molecule has 3 N–H and O–H groups in total. The van der Waals surface area contributed by atoms with Crippen LogP contribution in [0, 0.1) is 11.8 Å². The van der Waals surface area contributed by atoms with E-state index in [1.807, 2.05) is 24.3 Å². The number of carbonyl (C=O) groups is 1. The average Bonchev–Trinajstić information content (AvgIpc) is 2.91. The normalized spacial score (nSPS) is 9.81. The minimum atomic E-state index is -0.0870. The Bertz CT molecular complexity index is 668. The van der Waals surface area contributed by atoms with Crippen LogP contribution in [0.5, 0.6) is 0 Å². The molecule has 1 aromatic heterocycles. The van der Waals surface area contributed by atoms with Gasteiger partial charge in [0.25, 0.3) is 5.91 Å². The molecular weight excluding hydrogens is 304 g/mol. The molecule has 0 aliphatic heterocycles. The number of hydrogen-bond donors (Lipinski definition) is 2. The summed E-state index contributed by atoms with van der Waals surface area (Å²) >= 11 is 7.39. The summed E-state index contributed by atoms with van der Waals surface area (Å²) in [6, 6.07) is 11.0. The summed E-state index contributed by atoms with van der Waals surface area (Å²) in [5.74, 6) is 5.61. The Morgan fingerprint density at radius 2 is 2.00 bits per heavy atom. The molecule has 0 fully saturated rings. The first kappa shape index (κ1) is 15.6. The molecule has 0 spiro atoms. The number of carbonyl (C=O) groups excluding carboxylic acids is 1. The number of hydrogen-bond acceptors (Lipinski definition) is 3. The number of thiophene rings is 1. The van der Waals surface area contributed by atoms with Crippen molar-refractivity contribution >= 4 is 28.8 Å². The highest BCUT2D eigenvalue weighted by molar-refractivity contribution is 7.16. The van der Waals surface area contributed by atoms with Crippen molar-refractivity contribution < 1.29 is 4.79 Å². The van der Waals surface area contributed by atoms with E-state index < -0.39 is 0 Å². The highest BCUT2D eigenvalue weighted by atomic mass is 35.5. The van der Waals surface area contributed by atoms with E-state index in [0.29, 0.717) is 18.7 Å². The highest BCUT2D eigenvalue weighted by Gasteiger charge is 2.05. The fourth-order valence-electron chi connectivity index (χ4n) is 1.75. The van der Waals surface area contributed by atoms with Crippen LogP contribution in [0.2, 0.25) is 4.34 Å². The van der Waals surface area contributed by atoms with Crippen LogP contribution >= 0.6 is 22.9 Å². The van der Waals surface area contributed by atoms with E-state index in [0.717, 1.165) is 21.2 Å². The van der Waals surface area contributed by atoms with E-state index in [1.54, 1.807) is 12.1 Å². The van der Waals surface area contributed by atoms with Gasteiger partial charge in [0.15, 0.2) is 0 Å². The van der Waals surface area contributed by atoms with E-state index >= 15 is 0 Å². The molecule has 0 atom stereocenters. The van der Waals surface area contributed by atoms with Crippen LogP contribution < -0.4 is 11.1 Å². The van der Waals surface area contributed by atoms with Gasteiger partial charge >= 0.3 is 0 Å². The molecule has 0 aliphatic carbocycles. The van der Waals surface area contributed by atoms with Crippen molar-refractivity contribution in [2.45, 2.75) is 6.42 Å². The molecule has 0 bridgehead atoms. The minimum absolute atomic E-state index is 0.0870. The SMILES string of the molecule is NCC#Cc1ccc(C(=O)NCCc2ccc(Cl)s2)cc1. The maximum absolute atomic E-state index is 12.0. The maximum Gasteiger partial charge on any atom is 0.251 e. The van der Waals surface area contributed by atoms with E-state index in [2.05, 4.69) is 17.2 Å². The fraction of sp³-hybridized carbons (Fsp3) is 0.188. The summed E-state index contributed by atoms with van der Waals surface area (Å²) in [5, 5.41) is 2.89. The molecule has 108 valence electrons. The predicted octanol–water partition coefficient (Wildman–Crippen LogP) is 2.68. The first-order valence-corrected chi connectivity index (χ1v) is 7.70. The van der Waals surface area contributed by atoms with Gasteiger partial charge in [0.2, 0.25) is 0 Å². The van der Waals surface area contributed by atoms with E-state index in [4.69, 9.17) is 17.3 Å². The quantitative estimate of drug-likeness (QED) is 0.852. The van der Waals surface area contributed by atoms with Crippen molar-refractivity contribution in [2.24, 2.45) is 5.73 Å². The average molecular weight is 319 g/mol. The molecule has 1 amide bonds. The van der Waals surface area contributed by atoms with E-state index in [-0.39, 0.29) is 5.91 Å². The van der Waals surface area contributed by atoms with Crippen LogP contribution in [0.1, 0.15) is 20.8 Å². The monoisotopic (exact) mass is 318 g/mol. The third-order valence-corrected chi connectivity index (χ3v) is 4.06. The number of rotatable bonds is 4. The molecule has 1 aromatic carbocycles. The van der Waals surface area contributed by atoms with Gasteiger partial charge in [0.05, 0.1) is 10.9 Å². The summed E-state index contributed by atoms with van der Waals surface area (Å²) < 4.78 is 0.769. The lowest BCUT2D eigenvalue weighted by Crippen LogP contribution is -2.25. The van der Waals surface area contributed by atoms with Crippen molar-refractivity contribution in [3.63, 3.8) is 0 Å². The van der Waals surface area contributed by atoms with Gasteiger partial charge in [-0.15, -0.1) is 11.3 Å². The molecular formula is C16H15ClN2OS. The first-order chi connectivity index (χ1) is 10.2. The number of nitrogens with two attached hydrogens (primary N) is 1. The molecule has 2 rings (SSSR count). The van der Waals surface area contributed by atoms with Crippen LogP contribution in [0.15, 0.2) is 36.4 Å². The number of benzene rings is 1. The lowest BCUT2D eigenvalue weighted by molar-refractivity contribution is 0.0954. The van der Waals surface area contributed by atoms with Gasteiger partial charge in [-0.05, 0) is 42.8 Å². The molecule has 21 heavy (non-hydrogen) atoms. The Kier molecular flexibility index (Phi) is 5.82. The Labute approximate surface area is 133 Å². The first-order valence-electron chi connectivity index (χ1n) is 6.50. The second kappa shape index (κ2) is 7.84. The Hall–Kier alpha value is -1.80. The van der Waals surface area contributed by atoms with Crippen molar-refractivity contribution in [1.29, 1.82) is 0 Å². The van der Waals surface area contributed by atoms with Crippen molar-refractivity contribution in [3.8, 4) is 11.8 Å². The van der Waals surface area contributed by atoms with Gasteiger partial charge in [-0.2, -0.15) is 0 Å². The van der Waals surface area contributed by atoms with Gasteiger partial charge < -0.3 is 11.1 Å². The zero-order chi connectivity index (χ0) is 15.1. The van der Waals surface area contributed by atoms with Gasteiger partial charge in [-0.25, -0.2) is 0 Å². The number of halogens is 1. The third kappa shape index (κ3) is 4.91. The van der Waals surface area contributed by atoms with Crippen molar-refractivity contribution in [1.82, 2.24) is 5.32 Å². The third-order valence-electron chi connectivity index (χ3n) is 2.77. The number of nitrogens with one attached hydrogen (secondary N) is 1. The van der Waals surface area contributed by atoms with Crippen molar-refractivity contribution in [2.75, 3.05) is 13.1 Å². The molecule has 0 saturated carbocycles. The lowest BCUT2D eigenvalue weighted by atomic mass is 10.1. The summed E-state index contributed by atoms with van der Waals surface area (Å²) in [6.07, 6.45) is 0.781. The molecule has 1 heterocycles. The van der Waals surface area contributed by atoms with Gasteiger partial charge in [0, 0.05) is 22.5 Å². The Morgan fingerprint density at radius 3 is 2.62 bits per heavy atom. The van der Waals surface area contributed by atoms with Crippen LogP contribution in [-0.4, -0.2) is 19.0 Å². The topological polar surface area (TPSA) is 55.1 Å². The highest BCUT2D eigenvalue weighted by Crippen LogP contribution is 2.21. The van der Waals surface area contributed by atoms with Crippen LogP contribution in [-0.2, 0) is 6.42 Å². The predicted molar refractivity (Wildman–Crippen MR) is 87.7 cm³/mol. The molecule has 0 saturated heterocycles. The van der Waals surface area contributed by atoms with Crippen molar-refractivity contribution in [3.05, 3.63) is 56.7 Å². The molecule has 5 heteroatoms. The lowest BCUT2D eigenvalue weighted by Gasteiger charge is -2.04. The molecule has 3 nitrogen and oxygen atoms in total. The van der Waals surface area contributed by atoms with Gasteiger partial charge in [-0.3, -0.25) is 4.79 Å². The smallest absolute Gasteiger partial charge is 0.251 e. The molecule has 2 aromatic rings. The molecule has 0 radical (unpaired) electrons. The molecule has 0 aliphatic rings. The Balaban J connectivity index is 1.85. The second-order valence-corrected chi connectivity index (χ2v) is 6.09. The zero-order valence-electron chi connectivity index (χ0n) is 11.4. The Morgan fingerprint density at radius 1 is 1.24 bits per heavy atom. The van der Waals surface area contributed by atoms with E-state index in [1.165, 1.54) is 11.3 Å². The minimum Gasteiger partial charge on any atom is -0.352 e. The second-order valence-electron chi connectivity index (χ2n) is 4.29. The van der Waals surface area contributed by atoms with Gasteiger partial charge in [-0.1, -0.05) is 23.4 Å². The summed E-state index contributed by atoms with van der Waals surface area (Å²) in [7, 11) is 0. The zero-order valence-corrected chi connectivity index (χ0v) is 12.9. The summed E-state index contributed by atoms with van der Waals surface area (Å²) in [4.78, 5) is 13.1. The van der Waals surface area contributed by atoms with Crippen LogP contribution in [0.3, 0.4) is 0 Å². The number of amides is 1. The largest absolute Gasteiger partial charge is 0.352 e. The van der Waals surface area contributed by atoms with Crippen LogP contribution in [0.4, 0.5) is 0 Å². The summed E-state index contributed by atoms with van der Waals surface area (Å²) in [6.45, 7) is 0.916.